The molecule has 1 atom stereocenters. The number of hydrogen-bond acceptors (Lipinski definition) is 4. The zero-order valence-corrected chi connectivity index (χ0v) is 16.6. The van der Waals surface area contributed by atoms with Crippen molar-refractivity contribution >= 4 is 16.9 Å². The summed E-state index contributed by atoms with van der Waals surface area (Å²) in [4.78, 5) is 19.6. The molecule has 2 aromatic carbocycles. The lowest BCUT2D eigenvalue weighted by Gasteiger charge is -2.37. The van der Waals surface area contributed by atoms with Gasteiger partial charge in [-0.3, -0.25) is 14.3 Å². The average molecular weight is 378 g/mol. The molecule has 1 aromatic heterocycles. The monoisotopic (exact) mass is 378 g/mol. The molecule has 146 valence electrons. The maximum Gasteiger partial charge on any atom is 0.237 e. The number of aromatic nitrogens is 2. The van der Waals surface area contributed by atoms with Gasteiger partial charge < -0.3 is 10.1 Å². The minimum absolute atomic E-state index is 0.105. The van der Waals surface area contributed by atoms with Crippen molar-refractivity contribution in [1.82, 2.24) is 19.8 Å². The van der Waals surface area contributed by atoms with Crippen LogP contribution in [-0.2, 0) is 11.3 Å². The lowest BCUT2D eigenvalue weighted by Crippen LogP contribution is -2.57. The zero-order chi connectivity index (χ0) is 19.7. The van der Waals surface area contributed by atoms with Crippen LogP contribution < -0.4 is 10.1 Å². The molecule has 4 rings (SSSR count). The van der Waals surface area contributed by atoms with E-state index in [0.29, 0.717) is 13.1 Å². The number of nitrogens with zero attached hydrogens (tertiary/aromatic N) is 3. The van der Waals surface area contributed by atoms with Crippen LogP contribution in [0.15, 0.2) is 48.5 Å². The Labute approximate surface area is 165 Å². The SMILES string of the molecule is COc1ccc(-n2c(CN3CCNC(=O)C3C(C)C)nc3ccccc32)cc1. The van der Waals surface area contributed by atoms with Gasteiger partial charge in [-0.25, -0.2) is 4.98 Å². The van der Waals surface area contributed by atoms with Crippen LogP contribution in [0.25, 0.3) is 16.7 Å². The number of methoxy groups -OCH3 is 1. The summed E-state index contributed by atoms with van der Waals surface area (Å²) >= 11 is 0. The fraction of sp³-hybridized carbons (Fsp3) is 0.364. The first kappa shape index (κ1) is 18.5. The van der Waals surface area contributed by atoms with Crippen molar-refractivity contribution in [2.24, 2.45) is 5.92 Å². The van der Waals surface area contributed by atoms with Crippen molar-refractivity contribution in [1.29, 1.82) is 0 Å². The summed E-state index contributed by atoms with van der Waals surface area (Å²) < 4.78 is 7.48. The van der Waals surface area contributed by atoms with Crippen LogP contribution in [0.3, 0.4) is 0 Å². The van der Waals surface area contributed by atoms with E-state index in [4.69, 9.17) is 9.72 Å². The maximum absolute atomic E-state index is 12.4. The van der Waals surface area contributed by atoms with E-state index >= 15 is 0 Å². The third-order valence-electron chi connectivity index (χ3n) is 5.30. The predicted molar refractivity (Wildman–Crippen MR) is 110 cm³/mol. The number of rotatable bonds is 5. The van der Waals surface area contributed by atoms with Crippen molar-refractivity contribution < 1.29 is 9.53 Å². The number of piperazine rings is 1. The normalized spacial score (nSPS) is 17.9. The molecule has 1 unspecified atom stereocenters. The lowest BCUT2D eigenvalue weighted by atomic mass is 9.99. The Morgan fingerprint density at radius 3 is 2.64 bits per heavy atom. The molecule has 2 heterocycles. The van der Waals surface area contributed by atoms with Crippen LogP contribution in [0.5, 0.6) is 5.75 Å². The first-order valence-corrected chi connectivity index (χ1v) is 9.71. The van der Waals surface area contributed by atoms with E-state index in [1.54, 1.807) is 7.11 Å². The summed E-state index contributed by atoms with van der Waals surface area (Å²) in [5, 5.41) is 2.99. The van der Waals surface area contributed by atoms with E-state index in [-0.39, 0.29) is 17.9 Å². The van der Waals surface area contributed by atoms with Crippen LogP contribution in [0.2, 0.25) is 0 Å². The maximum atomic E-state index is 12.4. The molecule has 0 spiro atoms. The second-order valence-corrected chi connectivity index (χ2v) is 7.50. The highest BCUT2D eigenvalue weighted by molar-refractivity contribution is 5.83. The minimum atomic E-state index is -0.141. The first-order chi connectivity index (χ1) is 13.6. The van der Waals surface area contributed by atoms with Gasteiger partial charge in [0.25, 0.3) is 0 Å². The Hall–Kier alpha value is -2.86. The fourth-order valence-electron chi connectivity index (χ4n) is 4.02. The molecule has 3 aromatic rings. The Morgan fingerprint density at radius 2 is 1.93 bits per heavy atom. The van der Waals surface area contributed by atoms with E-state index in [9.17, 15) is 4.79 Å². The van der Waals surface area contributed by atoms with E-state index < -0.39 is 0 Å². The van der Waals surface area contributed by atoms with Crippen LogP contribution >= 0.6 is 0 Å². The van der Waals surface area contributed by atoms with Crippen molar-refractivity contribution in [3.63, 3.8) is 0 Å². The van der Waals surface area contributed by atoms with Gasteiger partial charge in [-0.15, -0.1) is 0 Å². The van der Waals surface area contributed by atoms with Crippen molar-refractivity contribution in [2.75, 3.05) is 20.2 Å². The third-order valence-corrected chi connectivity index (χ3v) is 5.30. The van der Waals surface area contributed by atoms with Gasteiger partial charge in [0, 0.05) is 18.8 Å². The average Bonchev–Trinajstić information content (AvgIpc) is 3.05. The molecular weight excluding hydrogens is 352 g/mol. The summed E-state index contributed by atoms with van der Waals surface area (Å²) in [5.41, 5.74) is 3.05. The van der Waals surface area contributed by atoms with Crippen LogP contribution in [0.1, 0.15) is 19.7 Å². The zero-order valence-electron chi connectivity index (χ0n) is 16.6. The number of amides is 1. The van der Waals surface area contributed by atoms with Gasteiger partial charge in [-0.2, -0.15) is 0 Å². The molecule has 28 heavy (non-hydrogen) atoms. The number of fused-ring (bicyclic) bond motifs is 1. The highest BCUT2D eigenvalue weighted by Gasteiger charge is 2.33. The van der Waals surface area contributed by atoms with Gasteiger partial charge in [-0.1, -0.05) is 26.0 Å². The quantitative estimate of drug-likeness (QED) is 0.742. The fourth-order valence-corrected chi connectivity index (χ4v) is 4.02. The van der Waals surface area contributed by atoms with Crippen molar-refractivity contribution in [3.05, 3.63) is 54.4 Å². The number of imidazole rings is 1. The summed E-state index contributed by atoms with van der Waals surface area (Å²) in [7, 11) is 1.67. The van der Waals surface area contributed by atoms with Gasteiger partial charge in [0.1, 0.15) is 11.6 Å². The van der Waals surface area contributed by atoms with Crippen LogP contribution in [0.4, 0.5) is 0 Å². The molecule has 6 nitrogen and oxygen atoms in total. The number of ether oxygens (including phenoxy) is 1. The topological polar surface area (TPSA) is 59.4 Å². The molecule has 0 saturated carbocycles. The van der Waals surface area contributed by atoms with Crippen LogP contribution in [-0.4, -0.2) is 46.6 Å². The van der Waals surface area contributed by atoms with Crippen molar-refractivity contribution in [3.8, 4) is 11.4 Å². The summed E-state index contributed by atoms with van der Waals surface area (Å²) in [6.07, 6.45) is 0. The molecule has 1 fully saturated rings. The van der Waals surface area contributed by atoms with Gasteiger partial charge in [0.05, 0.1) is 30.7 Å². The molecule has 6 heteroatoms. The lowest BCUT2D eigenvalue weighted by molar-refractivity contribution is -0.131. The summed E-state index contributed by atoms with van der Waals surface area (Å²) in [6, 6.07) is 16.0. The Balaban J connectivity index is 1.77. The van der Waals surface area contributed by atoms with E-state index in [1.807, 2.05) is 42.5 Å². The van der Waals surface area contributed by atoms with Gasteiger partial charge >= 0.3 is 0 Å². The molecule has 1 N–H and O–H groups in total. The largest absolute Gasteiger partial charge is 0.497 e. The van der Waals surface area contributed by atoms with Gasteiger partial charge in [0.2, 0.25) is 5.91 Å². The Kier molecular flexibility index (Phi) is 5.05. The summed E-state index contributed by atoms with van der Waals surface area (Å²) in [6.45, 7) is 6.30. The standard InChI is InChI=1S/C22H26N4O2/c1-15(2)21-22(27)23-12-13-25(21)14-20-24-18-6-4-5-7-19(18)26(20)16-8-10-17(28-3)11-9-16/h4-11,15,21H,12-14H2,1-3H3,(H,23,27). The number of benzene rings is 2. The number of hydrogen-bond donors (Lipinski definition) is 1. The molecule has 0 radical (unpaired) electrons. The molecule has 1 amide bonds. The third kappa shape index (κ3) is 3.36. The highest BCUT2D eigenvalue weighted by Crippen LogP contribution is 2.25. The highest BCUT2D eigenvalue weighted by atomic mass is 16.5. The molecule has 1 aliphatic heterocycles. The van der Waals surface area contributed by atoms with E-state index in [2.05, 4.69) is 34.7 Å². The molecular formula is C22H26N4O2. The van der Waals surface area contributed by atoms with E-state index in [0.717, 1.165) is 34.8 Å². The predicted octanol–water partition coefficient (Wildman–Crippen LogP) is 2.99. The summed E-state index contributed by atoms with van der Waals surface area (Å²) in [5.74, 6) is 2.10. The Bertz CT molecular complexity index is 978. The van der Waals surface area contributed by atoms with Gasteiger partial charge in [0.15, 0.2) is 0 Å². The number of carbonyl (C=O) groups excluding carboxylic acids is 1. The molecule has 0 bridgehead atoms. The second kappa shape index (κ2) is 7.64. The molecule has 1 saturated heterocycles. The van der Waals surface area contributed by atoms with Crippen molar-refractivity contribution in [2.45, 2.75) is 26.4 Å². The smallest absolute Gasteiger partial charge is 0.237 e. The second-order valence-electron chi connectivity index (χ2n) is 7.50. The minimum Gasteiger partial charge on any atom is -0.497 e. The first-order valence-electron chi connectivity index (χ1n) is 9.71. The van der Waals surface area contributed by atoms with Gasteiger partial charge in [-0.05, 0) is 42.3 Å². The number of nitrogens with one attached hydrogen (secondary N) is 1. The number of carbonyl (C=O) groups is 1. The van der Waals surface area contributed by atoms with E-state index in [1.165, 1.54) is 0 Å². The number of para-hydroxylation sites is 2. The Morgan fingerprint density at radius 1 is 1.18 bits per heavy atom. The molecule has 1 aliphatic rings. The molecule has 0 aliphatic carbocycles. The van der Waals surface area contributed by atoms with Crippen LogP contribution in [0, 0.1) is 5.92 Å².